The van der Waals surface area contributed by atoms with Crippen LogP contribution in [0.2, 0.25) is 0 Å². The number of nitrogens with one attached hydrogen (secondary N) is 1. The second-order valence-corrected chi connectivity index (χ2v) is 7.98. The Kier molecular flexibility index (Phi) is 3.57. The maximum absolute atomic E-state index is 10.3. The van der Waals surface area contributed by atoms with Gasteiger partial charge in [-0.15, -0.1) is 0 Å². The first-order chi connectivity index (χ1) is 8.21. The van der Waals surface area contributed by atoms with E-state index in [-0.39, 0.29) is 0 Å². The van der Waals surface area contributed by atoms with Crippen LogP contribution in [0.4, 0.5) is 0 Å². The zero-order valence-electron chi connectivity index (χ0n) is 12.8. The molecule has 0 saturated heterocycles. The van der Waals surface area contributed by atoms with Crippen LogP contribution in [-0.2, 0) is 0 Å². The second kappa shape index (κ2) is 4.49. The molecule has 2 N–H and O–H groups in total. The molecule has 2 aliphatic rings. The van der Waals surface area contributed by atoms with Gasteiger partial charge in [-0.25, -0.2) is 0 Å². The molecular weight excluding hydrogens is 222 g/mol. The van der Waals surface area contributed by atoms with E-state index in [4.69, 9.17) is 0 Å². The standard InChI is InChI=1S/C16H31NO/c1-6-8-16(5,18)11-17-13-14(2,3)12-7-9-15(13,4)10-12/h12-13,17-18H,6-11H2,1-5H3/t12-,13?,15+,16?/m0/s1. The zero-order chi connectivity index (χ0) is 13.6. The van der Waals surface area contributed by atoms with Gasteiger partial charge in [0.2, 0.25) is 0 Å². The lowest BCUT2D eigenvalue weighted by atomic mass is 9.68. The van der Waals surface area contributed by atoms with Crippen LogP contribution in [0.5, 0.6) is 0 Å². The summed E-state index contributed by atoms with van der Waals surface area (Å²) in [6.07, 6.45) is 6.05. The third-order valence-electron chi connectivity index (χ3n) is 5.75. The second-order valence-electron chi connectivity index (χ2n) is 7.98. The molecule has 4 atom stereocenters. The molecule has 0 aromatic rings. The quantitative estimate of drug-likeness (QED) is 0.787. The fraction of sp³-hybridized carbons (Fsp3) is 1.00. The normalized spacial score (nSPS) is 41.0. The van der Waals surface area contributed by atoms with Gasteiger partial charge in [0.15, 0.2) is 0 Å². The van der Waals surface area contributed by atoms with Crippen molar-refractivity contribution >= 4 is 0 Å². The minimum Gasteiger partial charge on any atom is -0.389 e. The fourth-order valence-corrected chi connectivity index (χ4v) is 4.76. The minimum atomic E-state index is -0.553. The predicted molar refractivity (Wildman–Crippen MR) is 76.6 cm³/mol. The average Bonchev–Trinajstić information content (AvgIpc) is 2.68. The van der Waals surface area contributed by atoms with Crippen LogP contribution >= 0.6 is 0 Å². The summed E-state index contributed by atoms with van der Waals surface area (Å²) in [4.78, 5) is 0. The maximum atomic E-state index is 10.3. The van der Waals surface area contributed by atoms with Crippen LogP contribution in [0.15, 0.2) is 0 Å². The van der Waals surface area contributed by atoms with E-state index in [0.29, 0.717) is 16.9 Å². The lowest BCUT2D eigenvalue weighted by Crippen LogP contribution is -2.54. The van der Waals surface area contributed by atoms with Crippen molar-refractivity contribution in [3.63, 3.8) is 0 Å². The largest absolute Gasteiger partial charge is 0.389 e. The molecule has 0 spiro atoms. The first kappa shape index (κ1) is 14.3. The van der Waals surface area contributed by atoms with Gasteiger partial charge in [-0.05, 0) is 49.4 Å². The van der Waals surface area contributed by atoms with Gasteiger partial charge in [0.05, 0.1) is 5.60 Å². The Morgan fingerprint density at radius 1 is 1.33 bits per heavy atom. The molecule has 0 aromatic carbocycles. The van der Waals surface area contributed by atoms with Crippen molar-refractivity contribution in [3.05, 3.63) is 0 Å². The van der Waals surface area contributed by atoms with E-state index < -0.39 is 5.60 Å². The summed E-state index contributed by atoms with van der Waals surface area (Å²) in [7, 11) is 0. The minimum absolute atomic E-state index is 0.384. The van der Waals surface area contributed by atoms with Gasteiger partial charge >= 0.3 is 0 Å². The molecule has 2 saturated carbocycles. The van der Waals surface area contributed by atoms with Crippen LogP contribution in [-0.4, -0.2) is 23.3 Å². The maximum Gasteiger partial charge on any atom is 0.0743 e. The Labute approximate surface area is 113 Å². The molecule has 2 fully saturated rings. The highest BCUT2D eigenvalue weighted by atomic mass is 16.3. The highest BCUT2D eigenvalue weighted by molar-refractivity contribution is 5.12. The van der Waals surface area contributed by atoms with E-state index in [0.717, 1.165) is 25.3 Å². The van der Waals surface area contributed by atoms with Gasteiger partial charge in [0, 0.05) is 12.6 Å². The number of rotatable bonds is 5. The summed E-state index contributed by atoms with van der Waals surface area (Å²) in [5, 5.41) is 14.1. The number of hydrogen-bond acceptors (Lipinski definition) is 2. The van der Waals surface area contributed by atoms with Gasteiger partial charge in [0.25, 0.3) is 0 Å². The van der Waals surface area contributed by atoms with Gasteiger partial charge < -0.3 is 10.4 Å². The Morgan fingerprint density at radius 3 is 2.50 bits per heavy atom. The Balaban J connectivity index is 2.01. The third-order valence-corrected chi connectivity index (χ3v) is 5.75. The molecule has 2 heteroatoms. The summed E-state index contributed by atoms with van der Waals surface area (Å²) in [6.45, 7) is 12.1. The molecule has 0 aliphatic heterocycles. The van der Waals surface area contributed by atoms with Crippen molar-refractivity contribution in [1.29, 1.82) is 0 Å². The number of aliphatic hydroxyl groups is 1. The lowest BCUT2D eigenvalue weighted by Gasteiger charge is -2.44. The summed E-state index contributed by atoms with van der Waals surface area (Å²) in [5.74, 6) is 0.871. The predicted octanol–water partition coefficient (Wildman–Crippen LogP) is 3.34. The molecule has 2 bridgehead atoms. The molecule has 18 heavy (non-hydrogen) atoms. The van der Waals surface area contributed by atoms with Crippen LogP contribution in [0.25, 0.3) is 0 Å². The van der Waals surface area contributed by atoms with E-state index in [1.807, 2.05) is 6.92 Å². The van der Waals surface area contributed by atoms with E-state index in [9.17, 15) is 5.11 Å². The zero-order valence-corrected chi connectivity index (χ0v) is 12.8. The number of hydrogen-bond donors (Lipinski definition) is 2. The van der Waals surface area contributed by atoms with Crippen LogP contribution in [0, 0.1) is 16.7 Å². The summed E-state index contributed by atoms with van der Waals surface area (Å²) in [5.41, 5.74) is 0.286. The molecule has 0 heterocycles. The van der Waals surface area contributed by atoms with Crippen molar-refractivity contribution in [2.75, 3.05) is 6.54 Å². The summed E-state index contributed by atoms with van der Waals surface area (Å²) < 4.78 is 0. The van der Waals surface area contributed by atoms with E-state index in [1.54, 1.807) is 0 Å². The van der Waals surface area contributed by atoms with E-state index >= 15 is 0 Å². The molecule has 2 nitrogen and oxygen atoms in total. The fourth-order valence-electron chi connectivity index (χ4n) is 4.76. The van der Waals surface area contributed by atoms with Crippen molar-refractivity contribution in [2.24, 2.45) is 16.7 Å². The van der Waals surface area contributed by atoms with Crippen LogP contribution in [0.3, 0.4) is 0 Å². The van der Waals surface area contributed by atoms with E-state index in [2.05, 4.69) is 33.0 Å². The molecule has 106 valence electrons. The molecular formula is C16H31NO. The Hall–Kier alpha value is -0.0800. The summed E-state index contributed by atoms with van der Waals surface area (Å²) in [6, 6.07) is 0.562. The highest BCUT2D eigenvalue weighted by Gasteiger charge is 2.59. The first-order valence-corrected chi connectivity index (χ1v) is 7.67. The molecule has 2 unspecified atom stereocenters. The monoisotopic (exact) mass is 253 g/mol. The van der Waals surface area contributed by atoms with Crippen molar-refractivity contribution < 1.29 is 5.11 Å². The van der Waals surface area contributed by atoms with Gasteiger partial charge in [-0.1, -0.05) is 34.1 Å². The SMILES string of the molecule is CCCC(C)(O)CNC1C(C)(C)[C@H]2CC[C@]1(C)C2. The molecule has 0 amide bonds. The molecule has 2 aliphatic carbocycles. The van der Waals surface area contributed by atoms with Crippen LogP contribution < -0.4 is 5.32 Å². The lowest BCUT2D eigenvalue weighted by molar-refractivity contribution is 0.0271. The molecule has 0 aromatic heterocycles. The number of fused-ring (bicyclic) bond motifs is 2. The van der Waals surface area contributed by atoms with Gasteiger partial charge in [0.1, 0.15) is 0 Å². The summed E-state index contributed by atoms with van der Waals surface area (Å²) >= 11 is 0. The Bertz CT molecular complexity index is 305. The van der Waals surface area contributed by atoms with Gasteiger partial charge in [-0.2, -0.15) is 0 Å². The van der Waals surface area contributed by atoms with Crippen molar-refractivity contribution in [2.45, 2.75) is 78.4 Å². The first-order valence-electron chi connectivity index (χ1n) is 7.67. The smallest absolute Gasteiger partial charge is 0.0743 e. The van der Waals surface area contributed by atoms with E-state index in [1.165, 1.54) is 19.3 Å². The molecule has 2 rings (SSSR count). The topological polar surface area (TPSA) is 32.3 Å². The van der Waals surface area contributed by atoms with Crippen molar-refractivity contribution in [1.82, 2.24) is 5.32 Å². The Morgan fingerprint density at radius 2 is 2.00 bits per heavy atom. The van der Waals surface area contributed by atoms with Crippen LogP contribution in [0.1, 0.15) is 66.7 Å². The average molecular weight is 253 g/mol. The third kappa shape index (κ3) is 2.34. The molecule has 0 radical (unpaired) electrons. The van der Waals surface area contributed by atoms with Gasteiger partial charge in [-0.3, -0.25) is 0 Å². The van der Waals surface area contributed by atoms with Crippen molar-refractivity contribution in [3.8, 4) is 0 Å². The highest BCUT2D eigenvalue weighted by Crippen LogP contribution is 2.62.